The Morgan fingerprint density at radius 2 is 1.30 bits per heavy atom. The molecule has 0 saturated carbocycles. The first-order valence-electron chi connectivity index (χ1n) is 13.6. The Morgan fingerprint density at radius 1 is 0.750 bits per heavy atom. The van der Waals surface area contributed by atoms with Gasteiger partial charge in [-0.3, -0.25) is 9.59 Å². The first kappa shape index (κ1) is 32.6. The molecular formula is C34H32BrNO7S. The summed E-state index contributed by atoms with van der Waals surface area (Å²) in [6, 6.07) is 29.0. The fourth-order valence-corrected chi connectivity index (χ4v) is 5.73. The Labute approximate surface area is 269 Å². The SMILES string of the molecule is COc1ccc(COC(=O)[C@@](C)(C(=O)Sc2ccc(OC)cc2)[C@H](NC(=O)OCc2ccccc2)c2ccccc2Br)cc1. The van der Waals surface area contributed by atoms with Gasteiger partial charge in [-0.1, -0.05) is 88.4 Å². The molecule has 44 heavy (non-hydrogen) atoms. The van der Waals surface area contributed by atoms with Crippen molar-refractivity contribution in [3.8, 4) is 11.5 Å². The van der Waals surface area contributed by atoms with Crippen molar-refractivity contribution >= 4 is 44.9 Å². The fourth-order valence-electron chi connectivity index (χ4n) is 4.32. The number of methoxy groups -OCH3 is 2. The van der Waals surface area contributed by atoms with E-state index in [1.807, 2.05) is 30.3 Å². The molecular weight excluding hydrogens is 646 g/mol. The summed E-state index contributed by atoms with van der Waals surface area (Å²) in [4.78, 5) is 42.1. The Hall–Kier alpha value is -4.28. The summed E-state index contributed by atoms with van der Waals surface area (Å²) in [5.41, 5.74) is 0.0845. The number of alkyl carbamates (subject to hydrolysis) is 1. The molecule has 0 radical (unpaired) electrons. The van der Waals surface area contributed by atoms with Gasteiger partial charge in [0, 0.05) is 9.37 Å². The Balaban J connectivity index is 1.68. The van der Waals surface area contributed by atoms with E-state index in [1.54, 1.807) is 87.0 Å². The minimum atomic E-state index is -1.90. The maximum Gasteiger partial charge on any atom is 0.408 e. The number of carbonyl (C=O) groups is 3. The van der Waals surface area contributed by atoms with Crippen LogP contribution in [0.25, 0.3) is 0 Å². The summed E-state index contributed by atoms with van der Waals surface area (Å²) < 4.78 is 22.3. The number of halogens is 1. The van der Waals surface area contributed by atoms with E-state index in [1.165, 1.54) is 6.92 Å². The molecule has 0 aliphatic carbocycles. The van der Waals surface area contributed by atoms with Crippen LogP contribution < -0.4 is 14.8 Å². The second-order valence-corrected chi connectivity index (χ2v) is 11.8. The largest absolute Gasteiger partial charge is 0.497 e. The van der Waals surface area contributed by atoms with Crippen molar-refractivity contribution in [1.82, 2.24) is 5.32 Å². The molecule has 4 rings (SSSR count). The molecule has 0 bridgehead atoms. The van der Waals surface area contributed by atoms with E-state index in [-0.39, 0.29) is 13.2 Å². The van der Waals surface area contributed by atoms with Crippen LogP contribution in [-0.2, 0) is 32.3 Å². The molecule has 4 aromatic rings. The number of amides is 1. The van der Waals surface area contributed by atoms with Crippen LogP contribution in [0.2, 0.25) is 0 Å². The lowest BCUT2D eigenvalue weighted by molar-refractivity contribution is -0.160. The van der Waals surface area contributed by atoms with E-state index in [0.717, 1.165) is 17.3 Å². The normalized spacial score (nSPS) is 12.7. The number of thioether (sulfide) groups is 1. The highest BCUT2D eigenvalue weighted by atomic mass is 79.9. The average Bonchev–Trinajstić information content (AvgIpc) is 3.06. The number of hydrogen-bond donors (Lipinski definition) is 1. The third kappa shape index (κ3) is 8.21. The standard InChI is InChI=1S/C34H32BrNO7S/c1-34(32(38)44-27-19-17-26(41-3)18-20-27,31(37)42-21-24-13-15-25(40-2)16-14-24)30(28-11-7-8-12-29(28)35)36-33(39)43-22-23-9-5-4-6-10-23/h4-20,30H,21-22H2,1-3H3,(H,36,39)/t30-,34+/m1/s1. The van der Waals surface area contributed by atoms with Crippen LogP contribution in [-0.4, -0.2) is 31.4 Å². The lowest BCUT2D eigenvalue weighted by atomic mass is 9.79. The summed E-state index contributed by atoms with van der Waals surface area (Å²) in [6.07, 6.45) is -0.800. The topological polar surface area (TPSA) is 100 Å². The van der Waals surface area contributed by atoms with E-state index in [4.69, 9.17) is 18.9 Å². The molecule has 0 aromatic heterocycles. The van der Waals surface area contributed by atoms with Crippen LogP contribution in [0, 0.1) is 5.41 Å². The van der Waals surface area contributed by atoms with Gasteiger partial charge < -0.3 is 24.3 Å². The van der Waals surface area contributed by atoms with Crippen LogP contribution in [0.5, 0.6) is 11.5 Å². The van der Waals surface area contributed by atoms with E-state index in [9.17, 15) is 14.4 Å². The number of benzene rings is 4. The molecule has 1 N–H and O–H groups in total. The van der Waals surface area contributed by atoms with Gasteiger partial charge in [-0.05, 0) is 66.1 Å². The monoisotopic (exact) mass is 677 g/mol. The van der Waals surface area contributed by atoms with Crippen LogP contribution in [0.1, 0.15) is 29.7 Å². The van der Waals surface area contributed by atoms with E-state index in [0.29, 0.717) is 32.0 Å². The van der Waals surface area contributed by atoms with Crippen molar-refractivity contribution in [2.75, 3.05) is 14.2 Å². The molecule has 4 aromatic carbocycles. The first-order valence-corrected chi connectivity index (χ1v) is 15.2. The number of carbonyl (C=O) groups excluding carboxylic acids is 3. The number of nitrogens with one attached hydrogen (secondary N) is 1. The molecule has 10 heteroatoms. The minimum Gasteiger partial charge on any atom is -0.497 e. The fraction of sp³-hybridized carbons (Fsp3) is 0.206. The minimum absolute atomic E-state index is 0.00251. The molecule has 0 heterocycles. The van der Waals surface area contributed by atoms with E-state index in [2.05, 4.69) is 21.2 Å². The number of hydrogen-bond acceptors (Lipinski definition) is 8. The van der Waals surface area contributed by atoms with Gasteiger partial charge in [0.25, 0.3) is 0 Å². The number of ether oxygens (including phenoxy) is 4. The zero-order valence-corrected chi connectivity index (χ0v) is 26.9. The highest BCUT2D eigenvalue weighted by Crippen LogP contribution is 2.44. The van der Waals surface area contributed by atoms with Crippen molar-refractivity contribution in [1.29, 1.82) is 0 Å². The second-order valence-electron chi connectivity index (χ2n) is 9.85. The zero-order chi connectivity index (χ0) is 31.5. The predicted molar refractivity (Wildman–Crippen MR) is 171 cm³/mol. The second kappa shape index (κ2) is 15.4. The van der Waals surface area contributed by atoms with Crippen LogP contribution in [0.4, 0.5) is 4.79 Å². The zero-order valence-electron chi connectivity index (χ0n) is 24.5. The molecule has 0 unspecified atom stereocenters. The first-order chi connectivity index (χ1) is 21.2. The van der Waals surface area contributed by atoms with Crippen molar-refractivity contribution in [3.05, 3.63) is 124 Å². The van der Waals surface area contributed by atoms with Gasteiger partial charge in [-0.2, -0.15) is 0 Å². The molecule has 0 spiro atoms. The summed E-state index contributed by atoms with van der Waals surface area (Å²) in [6.45, 7) is 1.38. The lowest BCUT2D eigenvalue weighted by Crippen LogP contribution is -2.49. The summed E-state index contributed by atoms with van der Waals surface area (Å²) >= 11 is 4.41. The van der Waals surface area contributed by atoms with Gasteiger partial charge in [0.05, 0.1) is 20.3 Å². The summed E-state index contributed by atoms with van der Waals surface area (Å²) in [5, 5.41) is 2.27. The molecule has 0 aliphatic rings. The number of esters is 1. The smallest absolute Gasteiger partial charge is 0.408 e. The Kier molecular flexibility index (Phi) is 11.5. The maximum absolute atomic E-state index is 14.2. The van der Waals surface area contributed by atoms with Gasteiger partial charge in [0.1, 0.15) is 24.7 Å². The van der Waals surface area contributed by atoms with Crippen molar-refractivity contribution in [2.24, 2.45) is 5.41 Å². The molecule has 0 saturated heterocycles. The van der Waals surface area contributed by atoms with Crippen LogP contribution in [0.3, 0.4) is 0 Å². The lowest BCUT2D eigenvalue weighted by Gasteiger charge is -2.35. The molecule has 0 aliphatic heterocycles. The third-order valence-electron chi connectivity index (χ3n) is 6.92. The van der Waals surface area contributed by atoms with Crippen LogP contribution >= 0.6 is 27.7 Å². The molecule has 8 nitrogen and oxygen atoms in total. The molecule has 0 fully saturated rings. The summed E-state index contributed by atoms with van der Waals surface area (Å²) in [5.74, 6) is 0.462. The molecule has 1 amide bonds. The van der Waals surface area contributed by atoms with Gasteiger partial charge in [-0.15, -0.1) is 0 Å². The third-order valence-corrected chi connectivity index (χ3v) is 8.76. The van der Waals surface area contributed by atoms with Crippen molar-refractivity contribution in [3.63, 3.8) is 0 Å². The Bertz CT molecular complexity index is 1570. The highest BCUT2D eigenvalue weighted by molar-refractivity contribution is 9.10. The summed E-state index contributed by atoms with van der Waals surface area (Å²) in [7, 11) is 3.11. The van der Waals surface area contributed by atoms with E-state index >= 15 is 0 Å². The molecule has 228 valence electrons. The Morgan fingerprint density at radius 3 is 1.91 bits per heavy atom. The molecule has 2 atom stereocenters. The van der Waals surface area contributed by atoms with Crippen molar-refractivity contribution in [2.45, 2.75) is 31.1 Å². The van der Waals surface area contributed by atoms with Crippen LogP contribution in [0.15, 0.2) is 112 Å². The quantitative estimate of drug-likeness (QED) is 0.0935. The van der Waals surface area contributed by atoms with E-state index < -0.39 is 28.6 Å². The predicted octanol–water partition coefficient (Wildman–Crippen LogP) is 7.50. The maximum atomic E-state index is 14.2. The van der Waals surface area contributed by atoms with Gasteiger partial charge >= 0.3 is 12.1 Å². The number of rotatable bonds is 12. The van der Waals surface area contributed by atoms with Crippen molar-refractivity contribution < 1.29 is 33.3 Å². The van der Waals surface area contributed by atoms with Gasteiger partial charge in [-0.25, -0.2) is 4.79 Å². The van der Waals surface area contributed by atoms with Gasteiger partial charge in [0.2, 0.25) is 5.12 Å². The average molecular weight is 679 g/mol. The highest BCUT2D eigenvalue weighted by Gasteiger charge is 2.52. The van der Waals surface area contributed by atoms with Gasteiger partial charge in [0.15, 0.2) is 5.41 Å².